The van der Waals surface area contributed by atoms with E-state index in [2.05, 4.69) is 15.6 Å². The number of thiophene rings is 1. The highest BCUT2D eigenvalue weighted by Crippen LogP contribution is 2.39. The van der Waals surface area contributed by atoms with E-state index in [1.807, 2.05) is 49.4 Å². The van der Waals surface area contributed by atoms with Crippen molar-refractivity contribution in [3.05, 3.63) is 70.9 Å². The van der Waals surface area contributed by atoms with Gasteiger partial charge in [0.25, 0.3) is 5.91 Å². The van der Waals surface area contributed by atoms with Crippen LogP contribution in [0.4, 0.5) is 5.00 Å². The Hall–Kier alpha value is -2.99. The fourth-order valence-electron chi connectivity index (χ4n) is 2.74. The quantitative estimate of drug-likeness (QED) is 0.718. The molecule has 2 N–H and O–H groups in total. The Morgan fingerprint density at radius 1 is 1.12 bits per heavy atom. The predicted octanol–water partition coefficient (Wildman–Crippen LogP) is 4.01. The van der Waals surface area contributed by atoms with Crippen LogP contribution >= 0.6 is 11.3 Å². The Bertz CT molecular complexity index is 921. The highest BCUT2D eigenvalue weighted by Gasteiger charge is 2.23. The zero-order valence-corrected chi connectivity index (χ0v) is 15.4. The molecule has 0 radical (unpaired) electrons. The van der Waals surface area contributed by atoms with E-state index in [0.29, 0.717) is 17.1 Å². The number of hydrogen-bond donors (Lipinski definition) is 2. The van der Waals surface area contributed by atoms with Crippen molar-refractivity contribution in [2.75, 3.05) is 5.32 Å². The first-order valence-corrected chi connectivity index (χ1v) is 9.01. The van der Waals surface area contributed by atoms with Crippen molar-refractivity contribution >= 4 is 28.2 Å². The first kappa shape index (κ1) is 17.8. The molecule has 0 saturated heterocycles. The molecule has 2 aromatic heterocycles. The second kappa shape index (κ2) is 7.93. The molecular formula is C20H19N3O2S. The van der Waals surface area contributed by atoms with Gasteiger partial charge in [-0.05, 0) is 24.1 Å². The van der Waals surface area contributed by atoms with Crippen LogP contribution < -0.4 is 10.6 Å². The Morgan fingerprint density at radius 2 is 1.88 bits per heavy atom. The van der Waals surface area contributed by atoms with Gasteiger partial charge in [-0.25, -0.2) is 0 Å². The lowest BCUT2D eigenvalue weighted by atomic mass is 10.0. The lowest BCUT2D eigenvalue weighted by molar-refractivity contribution is -0.114. The highest BCUT2D eigenvalue weighted by molar-refractivity contribution is 7.17. The molecule has 3 rings (SSSR count). The van der Waals surface area contributed by atoms with E-state index in [-0.39, 0.29) is 11.8 Å². The number of carbonyl (C=O) groups excluding carboxylic acids is 2. The molecular weight excluding hydrogens is 346 g/mol. The molecule has 0 fully saturated rings. The third kappa shape index (κ3) is 3.97. The number of benzene rings is 1. The largest absolute Gasteiger partial charge is 0.348 e. The SMILES string of the molecule is CC(=O)Nc1sc(C)c(-c2ccccc2)c1C(=O)NCc1cccnc1. The summed E-state index contributed by atoms with van der Waals surface area (Å²) in [6.45, 7) is 3.76. The number of pyridine rings is 1. The number of nitrogens with one attached hydrogen (secondary N) is 2. The Labute approximate surface area is 156 Å². The molecule has 2 heterocycles. The average molecular weight is 365 g/mol. The number of hydrogen-bond acceptors (Lipinski definition) is 4. The van der Waals surface area contributed by atoms with E-state index < -0.39 is 0 Å². The van der Waals surface area contributed by atoms with Crippen LogP contribution in [0.2, 0.25) is 0 Å². The maximum Gasteiger partial charge on any atom is 0.255 e. The lowest BCUT2D eigenvalue weighted by Gasteiger charge is -2.10. The van der Waals surface area contributed by atoms with Gasteiger partial charge in [-0.2, -0.15) is 0 Å². The number of aromatic nitrogens is 1. The smallest absolute Gasteiger partial charge is 0.255 e. The Kier molecular flexibility index (Phi) is 5.43. The zero-order valence-electron chi connectivity index (χ0n) is 14.6. The molecule has 0 saturated carbocycles. The topological polar surface area (TPSA) is 71.1 Å². The summed E-state index contributed by atoms with van der Waals surface area (Å²) < 4.78 is 0. The third-order valence-corrected chi connectivity index (χ3v) is 4.86. The van der Waals surface area contributed by atoms with Gasteiger partial charge in [0, 0.05) is 36.3 Å². The van der Waals surface area contributed by atoms with E-state index in [9.17, 15) is 9.59 Å². The summed E-state index contributed by atoms with van der Waals surface area (Å²) in [4.78, 5) is 29.6. The van der Waals surface area contributed by atoms with Gasteiger partial charge >= 0.3 is 0 Å². The van der Waals surface area contributed by atoms with E-state index in [4.69, 9.17) is 0 Å². The normalized spacial score (nSPS) is 10.4. The van der Waals surface area contributed by atoms with Crippen LogP contribution in [0.15, 0.2) is 54.9 Å². The van der Waals surface area contributed by atoms with Crippen molar-refractivity contribution in [3.8, 4) is 11.1 Å². The number of carbonyl (C=O) groups is 2. The minimum atomic E-state index is -0.221. The summed E-state index contributed by atoms with van der Waals surface area (Å²) in [5, 5.41) is 6.29. The maximum atomic E-state index is 13.0. The molecule has 0 aliphatic carbocycles. The van der Waals surface area contributed by atoms with Gasteiger partial charge in [0.05, 0.1) is 5.56 Å². The van der Waals surface area contributed by atoms with Crippen LogP contribution in [-0.2, 0) is 11.3 Å². The molecule has 0 aliphatic heterocycles. The van der Waals surface area contributed by atoms with Crippen molar-refractivity contribution in [3.63, 3.8) is 0 Å². The van der Waals surface area contributed by atoms with Crippen LogP contribution in [0.3, 0.4) is 0 Å². The molecule has 132 valence electrons. The number of anilines is 1. The van der Waals surface area contributed by atoms with Gasteiger partial charge in [-0.1, -0.05) is 36.4 Å². The summed E-state index contributed by atoms with van der Waals surface area (Å²) in [5.74, 6) is -0.423. The molecule has 0 atom stereocenters. The summed E-state index contributed by atoms with van der Waals surface area (Å²) in [7, 11) is 0. The monoisotopic (exact) mass is 365 g/mol. The van der Waals surface area contributed by atoms with Crippen LogP contribution in [0.1, 0.15) is 27.7 Å². The average Bonchev–Trinajstić information content (AvgIpc) is 2.96. The van der Waals surface area contributed by atoms with Gasteiger partial charge in [-0.3, -0.25) is 14.6 Å². The Balaban J connectivity index is 1.97. The van der Waals surface area contributed by atoms with Crippen molar-refractivity contribution in [2.24, 2.45) is 0 Å². The number of nitrogens with zero attached hydrogens (tertiary/aromatic N) is 1. The summed E-state index contributed by atoms with van der Waals surface area (Å²) in [6, 6.07) is 13.5. The van der Waals surface area contributed by atoms with Gasteiger partial charge in [-0.15, -0.1) is 11.3 Å². The van der Waals surface area contributed by atoms with E-state index in [0.717, 1.165) is 21.6 Å². The second-order valence-corrected chi connectivity index (χ2v) is 7.05. The van der Waals surface area contributed by atoms with E-state index >= 15 is 0 Å². The molecule has 6 heteroatoms. The van der Waals surface area contributed by atoms with Crippen LogP contribution in [0, 0.1) is 6.92 Å². The number of amides is 2. The van der Waals surface area contributed by atoms with E-state index in [1.54, 1.807) is 12.4 Å². The van der Waals surface area contributed by atoms with E-state index in [1.165, 1.54) is 18.3 Å². The van der Waals surface area contributed by atoms with Crippen LogP contribution in [-0.4, -0.2) is 16.8 Å². The third-order valence-electron chi connectivity index (χ3n) is 3.84. The van der Waals surface area contributed by atoms with Crippen LogP contribution in [0.5, 0.6) is 0 Å². The minimum absolute atomic E-state index is 0.202. The molecule has 5 nitrogen and oxygen atoms in total. The first-order valence-electron chi connectivity index (χ1n) is 8.19. The van der Waals surface area contributed by atoms with Gasteiger partial charge in [0.2, 0.25) is 5.91 Å². The van der Waals surface area contributed by atoms with Gasteiger partial charge in [0.1, 0.15) is 5.00 Å². The molecule has 26 heavy (non-hydrogen) atoms. The van der Waals surface area contributed by atoms with Crippen molar-refractivity contribution in [1.29, 1.82) is 0 Å². The fourth-order valence-corrected chi connectivity index (χ4v) is 3.85. The molecule has 1 aromatic carbocycles. The van der Waals surface area contributed by atoms with Gasteiger partial charge in [0.15, 0.2) is 0 Å². The minimum Gasteiger partial charge on any atom is -0.348 e. The molecule has 0 spiro atoms. The molecule has 2 amide bonds. The Morgan fingerprint density at radius 3 is 2.54 bits per heavy atom. The summed E-state index contributed by atoms with van der Waals surface area (Å²) in [5.41, 5.74) is 3.21. The van der Waals surface area contributed by atoms with Crippen LogP contribution in [0.25, 0.3) is 11.1 Å². The number of aryl methyl sites for hydroxylation is 1. The second-order valence-electron chi connectivity index (χ2n) is 5.83. The predicted molar refractivity (Wildman–Crippen MR) is 104 cm³/mol. The first-order chi connectivity index (χ1) is 12.6. The lowest BCUT2D eigenvalue weighted by Crippen LogP contribution is -2.24. The maximum absolute atomic E-state index is 13.0. The summed E-state index contributed by atoms with van der Waals surface area (Å²) >= 11 is 1.41. The highest BCUT2D eigenvalue weighted by atomic mass is 32.1. The molecule has 0 bridgehead atoms. The fraction of sp³-hybridized carbons (Fsp3) is 0.150. The number of rotatable bonds is 5. The zero-order chi connectivity index (χ0) is 18.5. The van der Waals surface area contributed by atoms with Crippen molar-refractivity contribution in [2.45, 2.75) is 20.4 Å². The molecule has 0 aliphatic rings. The molecule has 0 unspecified atom stereocenters. The van der Waals surface area contributed by atoms with Crippen molar-refractivity contribution in [1.82, 2.24) is 10.3 Å². The molecule has 3 aromatic rings. The van der Waals surface area contributed by atoms with Gasteiger partial charge < -0.3 is 10.6 Å². The van der Waals surface area contributed by atoms with Crippen molar-refractivity contribution < 1.29 is 9.59 Å². The standard InChI is InChI=1S/C20H19N3O2S/c1-13-17(16-8-4-3-5-9-16)18(20(26-13)23-14(2)24)19(25)22-12-15-7-6-10-21-11-15/h3-11H,12H2,1-2H3,(H,22,25)(H,23,24). The summed E-state index contributed by atoms with van der Waals surface area (Å²) in [6.07, 6.45) is 3.40.